The minimum Gasteiger partial charge on any atom is -0.462 e. The maximum Gasteiger partial charge on any atom is 0.341 e. The Balaban J connectivity index is 2.14. The zero-order valence-corrected chi connectivity index (χ0v) is 14.3. The molecule has 1 aromatic heterocycles. The van der Waals surface area contributed by atoms with E-state index >= 15 is 0 Å². The Kier molecular flexibility index (Phi) is 5.89. The Morgan fingerprint density at radius 1 is 1.20 bits per heavy atom. The number of hydrogen-bond donors (Lipinski definition) is 2. The Morgan fingerprint density at radius 3 is 2.48 bits per heavy atom. The number of amides is 2. The first kappa shape index (κ1) is 18.2. The summed E-state index contributed by atoms with van der Waals surface area (Å²) in [4.78, 5) is 35.0. The third-order valence-corrected chi connectivity index (χ3v) is 3.57. The van der Waals surface area contributed by atoms with Crippen molar-refractivity contribution in [1.29, 1.82) is 0 Å². The number of rotatable bonds is 6. The summed E-state index contributed by atoms with van der Waals surface area (Å²) in [6.07, 6.45) is 1.46. The number of aromatic nitrogens is 2. The fourth-order valence-corrected chi connectivity index (χ4v) is 2.18. The molecule has 2 amide bonds. The van der Waals surface area contributed by atoms with Gasteiger partial charge in [-0.2, -0.15) is 5.10 Å². The zero-order chi connectivity index (χ0) is 18.4. The van der Waals surface area contributed by atoms with Gasteiger partial charge in [-0.05, 0) is 38.1 Å². The van der Waals surface area contributed by atoms with E-state index in [0.29, 0.717) is 29.1 Å². The minimum absolute atomic E-state index is 0.0851. The number of ether oxygens (including phenoxy) is 1. The lowest BCUT2D eigenvalue weighted by atomic mass is 10.2. The minimum atomic E-state index is -0.420. The fourth-order valence-electron chi connectivity index (χ4n) is 2.18. The van der Waals surface area contributed by atoms with Crippen LogP contribution in [0.5, 0.6) is 0 Å². The molecule has 1 heterocycles. The number of benzene rings is 1. The summed E-state index contributed by atoms with van der Waals surface area (Å²) in [5, 5.41) is 9.14. The van der Waals surface area contributed by atoms with Gasteiger partial charge < -0.3 is 15.4 Å². The van der Waals surface area contributed by atoms with Crippen LogP contribution in [0.2, 0.25) is 0 Å². The van der Waals surface area contributed by atoms with Crippen LogP contribution in [-0.2, 0) is 9.53 Å². The van der Waals surface area contributed by atoms with Crippen LogP contribution >= 0.6 is 0 Å². The van der Waals surface area contributed by atoms with E-state index in [2.05, 4.69) is 15.7 Å². The van der Waals surface area contributed by atoms with Crippen LogP contribution < -0.4 is 10.6 Å². The largest absolute Gasteiger partial charge is 0.462 e. The summed E-state index contributed by atoms with van der Waals surface area (Å²) in [5.41, 5.74) is 2.17. The number of likely N-dealkylation sites (N-methyl/N-ethyl adjacent to an activating group) is 1. The predicted molar refractivity (Wildman–Crippen MR) is 90.7 cm³/mol. The molecule has 0 aliphatic heterocycles. The van der Waals surface area contributed by atoms with Crippen LogP contribution in [0, 0.1) is 6.92 Å². The van der Waals surface area contributed by atoms with E-state index in [9.17, 15) is 14.4 Å². The summed E-state index contributed by atoms with van der Waals surface area (Å²) < 4.78 is 6.58. The van der Waals surface area contributed by atoms with Crippen LogP contribution in [0.4, 0.5) is 0 Å². The number of hydrogen-bond acceptors (Lipinski definition) is 5. The van der Waals surface area contributed by atoms with Crippen molar-refractivity contribution in [2.45, 2.75) is 13.8 Å². The van der Waals surface area contributed by atoms with Gasteiger partial charge in [0, 0.05) is 12.6 Å². The Labute approximate surface area is 145 Å². The molecule has 0 aliphatic rings. The van der Waals surface area contributed by atoms with E-state index < -0.39 is 5.97 Å². The molecular formula is C17H20N4O4. The summed E-state index contributed by atoms with van der Waals surface area (Å²) in [7, 11) is 1.50. The summed E-state index contributed by atoms with van der Waals surface area (Å²) in [5.74, 6) is -1.04. The molecule has 0 aliphatic carbocycles. The Hall–Kier alpha value is -3.16. The monoisotopic (exact) mass is 344 g/mol. The molecule has 0 unspecified atom stereocenters. The molecule has 0 fully saturated rings. The predicted octanol–water partition coefficient (Wildman–Crippen LogP) is 0.833. The first-order valence-electron chi connectivity index (χ1n) is 7.78. The zero-order valence-electron chi connectivity index (χ0n) is 14.3. The van der Waals surface area contributed by atoms with E-state index in [0.717, 1.165) is 0 Å². The lowest BCUT2D eigenvalue weighted by Crippen LogP contribution is -2.35. The molecule has 1 aromatic carbocycles. The topological polar surface area (TPSA) is 102 Å². The molecule has 0 saturated heterocycles. The van der Waals surface area contributed by atoms with Gasteiger partial charge in [-0.3, -0.25) is 9.59 Å². The van der Waals surface area contributed by atoms with Crippen LogP contribution in [0.25, 0.3) is 5.69 Å². The number of esters is 1. The second kappa shape index (κ2) is 8.09. The number of nitrogens with one attached hydrogen (secondary N) is 2. The first-order chi connectivity index (χ1) is 12.0. The maximum atomic E-state index is 12.0. The molecule has 8 nitrogen and oxygen atoms in total. The average Bonchev–Trinajstić information content (AvgIpc) is 3.01. The van der Waals surface area contributed by atoms with Crippen molar-refractivity contribution < 1.29 is 19.1 Å². The number of carbonyl (C=O) groups is 3. The maximum absolute atomic E-state index is 12.0. The molecule has 132 valence electrons. The molecular weight excluding hydrogens is 324 g/mol. The normalized spacial score (nSPS) is 10.2. The van der Waals surface area contributed by atoms with E-state index in [4.69, 9.17) is 4.74 Å². The number of carbonyl (C=O) groups excluding carboxylic acids is 3. The summed E-state index contributed by atoms with van der Waals surface area (Å²) in [6.45, 7) is 3.72. The van der Waals surface area contributed by atoms with Crippen molar-refractivity contribution in [3.63, 3.8) is 0 Å². The third kappa shape index (κ3) is 4.23. The molecule has 0 bridgehead atoms. The van der Waals surface area contributed by atoms with Crippen LogP contribution in [0.1, 0.15) is 33.3 Å². The van der Waals surface area contributed by atoms with E-state index in [1.165, 1.54) is 13.2 Å². The first-order valence-corrected chi connectivity index (χ1v) is 7.78. The molecule has 2 rings (SSSR count). The molecule has 2 N–H and O–H groups in total. The summed E-state index contributed by atoms with van der Waals surface area (Å²) >= 11 is 0. The van der Waals surface area contributed by atoms with Gasteiger partial charge in [0.1, 0.15) is 5.56 Å². The van der Waals surface area contributed by atoms with Gasteiger partial charge in [0.15, 0.2) is 0 Å². The SMILES string of the molecule is CCOC(=O)c1cnn(-c2ccc(C(=O)NCC(=O)NC)cc2)c1C. The second-order valence-corrected chi connectivity index (χ2v) is 5.18. The molecule has 0 spiro atoms. The smallest absolute Gasteiger partial charge is 0.341 e. The highest BCUT2D eigenvalue weighted by Crippen LogP contribution is 2.16. The van der Waals surface area contributed by atoms with Crippen LogP contribution in [0.15, 0.2) is 30.5 Å². The van der Waals surface area contributed by atoms with Crippen molar-refractivity contribution in [3.05, 3.63) is 47.3 Å². The lowest BCUT2D eigenvalue weighted by Gasteiger charge is -2.08. The van der Waals surface area contributed by atoms with E-state index in [-0.39, 0.29) is 18.4 Å². The van der Waals surface area contributed by atoms with Crippen molar-refractivity contribution in [2.75, 3.05) is 20.2 Å². The lowest BCUT2D eigenvalue weighted by molar-refractivity contribution is -0.119. The van der Waals surface area contributed by atoms with Crippen molar-refractivity contribution in [3.8, 4) is 5.69 Å². The van der Waals surface area contributed by atoms with Gasteiger partial charge in [-0.15, -0.1) is 0 Å². The standard InChI is InChI=1S/C17H20N4O4/c1-4-25-17(24)14-9-20-21(11(14)2)13-7-5-12(6-8-13)16(23)19-10-15(22)18-3/h5-9H,4,10H2,1-3H3,(H,18,22)(H,19,23). The molecule has 8 heteroatoms. The fraction of sp³-hybridized carbons (Fsp3) is 0.294. The van der Waals surface area contributed by atoms with E-state index in [1.807, 2.05) is 0 Å². The van der Waals surface area contributed by atoms with Gasteiger partial charge >= 0.3 is 5.97 Å². The van der Waals surface area contributed by atoms with Gasteiger partial charge in [-0.25, -0.2) is 9.48 Å². The second-order valence-electron chi connectivity index (χ2n) is 5.18. The molecule has 2 aromatic rings. The van der Waals surface area contributed by atoms with Gasteiger partial charge in [-0.1, -0.05) is 0 Å². The summed E-state index contributed by atoms with van der Waals surface area (Å²) in [6, 6.07) is 6.67. The Bertz CT molecular complexity index is 780. The van der Waals surface area contributed by atoms with Gasteiger partial charge in [0.05, 0.1) is 30.7 Å². The molecule has 0 radical (unpaired) electrons. The van der Waals surface area contributed by atoms with Crippen molar-refractivity contribution in [1.82, 2.24) is 20.4 Å². The number of nitrogens with zero attached hydrogens (tertiary/aromatic N) is 2. The average molecular weight is 344 g/mol. The molecule has 0 saturated carbocycles. The van der Waals surface area contributed by atoms with Crippen LogP contribution in [0.3, 0.4) is 0 Å². The van der Waals surface area contributed by atoms with Crippen LogP contribution in [-0.4, -0.2) is 47.8 Å². The third-order valence-electron chi connectivity index (χ3n) is 3.57. The Morgan fingerprint density at radius 2 is 1.88 bits per heavy atom. The highest BCUT2D eigenvalue weighted by molar-refractivity contribution is 5.96. The van der Waals surface area contributed by atoms with Gasteiger partial charge in [0.25, 0.3) is 5.91 Å². The van der Waals surface area contributed by atoms with Crippen molar-refractivity contribution >= 4 is 17.8 Å². The molecule has 25 heavy (non-hydrogen) atoms. The van der Waals surface area contributed by atoms with Gasteiger partial charge in [0.2, 0.25) is 5.91 Å². The quantitative estimate of drug-likeness (QED) is 0.756. The molecule has 0 atom stereocenters. The van der Waals surface area contributed by atoms with E-state index in [1.54, 1.807) is 42.8 Å². The van der Waals surface area contributed by atoms with Crippen molar-refractivity contribution in [2.24, 2.45) is 0 Å². The highest BCUT2D eigenvalue weighted by atomic mass is 16.5. The highest BCUT2D eigenvalue weighted by Gasteiger charge is 2.16.